The molecule has 2 rings (SSSR count). The Bertz CT molecular complexity index is 507. The Morgan fingerprint density at radius 1 is 1.20 bits per heavy atom. The van der Waals surface area contributed by atoms with Gasteiger partial charge in [-0.05, 0) is 36.8 Å². The van der Waals surface area contributed by atoms with E-state index in [-0.39, 0.29) is 11.9 Å². The van der Waals surface area contributed by atoms with Gasteiger partial charge in [0.1, 0.15) is 0 Å². The third kappa shape index (κ3) is 5.17. The van der Waals surface area contributed by atoms with Crippen molar-refractivity contribution in [3.63, 3.8) is 0 Å². The molecule has 1 N–H and O–H groups in total. The van der Waals surface area contributed by atoms with Crippen LogP contribution in [0.15, 0.2) is 47.8 Å². The highest BCUT2D eigenvalue weighted by atomic mass is 32.1. The number of carbonyl (C=O) groups excluding carboxylic acids is 1. The predicted octanol–water partition coefficient (Wildman–Crippen LogP) is 3.82. The van der Waals surface area contributed by atoms with Crippen LogP contribution in [0.4, 0.5) is 0 Å². The zero-order valence-corrected chi connectivity index (χ0v) is 12.7. The molecule has 0 saturated carbocycles. The van der Waals surface area contributed by atoms with E-state index >= 15 is 0 Å². The number of hydrogen-bond acceptors (Lipinski definition) is 2. The van der Waals surface area contributed by atoms with E-state index in [1.165, 1.54) is 10.4 Å². The van der Waals surface area contributed by atoms with Crippen LogP contribution in [0, 0.1) is 0 Å². The summed E-state index contributed by atoms with van der Waals surface area (Å²) in [4.78, 5) is 13.2. The van der Waals surface area contributed by atoms with Crippen LogP contribution in [-0.2, 0) is 17.6 Å². The molecular formula is C17H21NOS. The average Bonchev–Trinajstić information content (AvgIpc) is 2.92. The summed E-state index contributed by atoms with van der Waals surface area (Å²) < 4.78 is 0. The summed E-state index contributed by atoms with van der Waals surface area (Å²) in [5.74, 6) is 0.157. The SMILES string of the molecule is C[C@H](Cc1cccs1)NC(=O)CCCc1ccccc1. The summed E-state index contributed by atoms with van der Waals surface area (Å²) in [7, 11) is 0. The van der Waals surface area contributed by atoms with Crippen molar-refractivity contribution in [2.24, 2.45) is 0 Å². The normalized spacial score (nSPS) is 12.1. The first-order valence-electron chi connectivity index (χ1n) is 7.09. The minimum Gasteiger partial charge on any atom is -0.353 e. The van der Waals surface area contributed by atoms with E-state index in [2.05, 4.69) is 41.9 Å². The van der Waals surface area contributed by atoms with Gasteiger partial charge in [-0.2, -0.15) is 0 Å². The van der Waals surface area contributed by atoms with E-state index in [0.29, 0.717) is 6.42 Å². The van der Waals surface area contributed by atoms with Crippen LogP contribution in [0.25, 0.3) is 0 Å². The molecule has 1 aromatic carbocycles. The van der Waals surface area contributed by atoms with Crippen molar-refractivity contribution in [1.82, 2.24) is 5.32 Å². The van der Waals surface area contributed by atoms with Crippen LogP contribution < -0.4 is 5.32 Å². The van der Waals surface area contributed by atoms with Crippen molar-refractivity contribution in [2.75, 3.05) is 0 Å². The fraction of sp³-hybridized carbons (Fsp3) is 0.353. The fourth-order valence-electron chi connectivity index (χ4n) is 2.23. The average molecular weight is 287 g/mol. The number of nitrogens with one attached hydrogen (secondary N) is 1. The number of thiophene rings is 1. The molecule has 0 aliphatic heterocycles. The maximum Gasteiger partial charge on any atom is 0.220 e. The highest BCUT2D eigenvalue weighted by Crippen LogP contribution is 2.11. The maximum absolute atomic E-state index is 11.9. The second kappa shape index (κ2) is 7.85. The summed E-state index contributed by atoms with van der Waals surface area (Å²) >= 11 is 1.74. The first-order chi connectivity index (χ1) is 9.74. The molecule has 20 heavy (non-hydrogen) atoms. The number of carbonyl (C=O) groups is 1. The van der Waals surface area contributed by atoms with E-state index in [1.54, 1.807) is 11.3 Å². The largest absolute Gasteiger partial charge is 0.353 e. The molecule has 0 aliphatic rings. The molecule has 3 heteroatoms. The van der Waals surface area contributed by atoms with Gasteiger partial charge >= 0.3 is 0 Å². The smallest absolute Gasteiger partial charge is 0.220 e. The molecule has 0 bridgehead atoms. The van der Waals surface area contributed by atoms with Crippen LogP contribution in [0.2, 0.25) is 0 Å². The summed E-state index contributed by atoms with van der Waals surface area (Å²) in [5, 5.41) is 5.15. The lowest BCUT2D eigenvalue weighted by Crippen LogP contribution is -2.33. The summed E-state index contributed by atoms with van der Waals surface area (Å²) in [5.41, 5.74) is 1.30. The van der Waals surface area contributed by atoms with Crippen LogP contribution in [0.1, 0.15) is 30.2 Å². The van der Waals surface area contributed by atoms with E-state index in [4.69, 9.17) is 0 Å². The third-order valence-corrected chi connectivity index (χ3v) is 4.11. The van der Waals surface area contributed by atoms with Crippen molar-refractivity contribution in [3.05, 3.63) is 58.3 Å². The molecule has 2 nitrogen and oxygen atoms in total. The van der Waals surface area contributed by atoms with Gasteiger partial charge in [0.15, 0.2) is 0 Å². The molecule has 2 aromatic rings. The Morgan fingerprint density at radius 3 is 2.70 bits per heavy atom. The van der Waals surface area contributed by atoms with E-state index in [9.17, 15) is 4.79 Å². The molecule has 106 valence electrons. The van der Waals surface area contributed by atoms with Crippen molar-refractivity contribution < 1.29 is 4.79 Å². The maximum atomic E-state index is 11.9. The number of aryl methyl sites for hydroxylation is 1. The molecule has 0 unspecified atom stereocenters. The van der Waals surface area contributed by atoms with E-state index in [1.807, 2.05) is 18.2 Å². The number of benzene rings is 1. The van der Waals surface area contributed by atoms with E-state index in [0.717, 1.165) is 19.3 Å². The van der Waals surface area contributed by atoms with Gasteiger partial charge in [-0.3, -0.25) is 4.79 Å². The number of hydrogen-bond donors (Lipinski definition) is 1. The Morgan fingerprint density at radius 2 is 2.00 bits per heavy atom. The van der Waals surface area contributed by atoms with Gasteiger partial charge in [0.05, 0.1) is 0 Å². The third-order valence-electron chi connectivity index (χ3n) is 3.21. The number of rotatable bonds is 7. The quantitative estimate of drug-likeness (QED) is 0.824. The number of amides is 1. The molecule has 0 fully saturated rings. The van der Waals surface area contributed by atoms with Crippen molar-refractivity contribution in [1.29, 1.82) is 0 Å². The lowest BCUT2D eigenvalue weighted by molar-refractivity contribution is -0.121. The molecule has 1 atom stereocenters. The molecular weight excluding hydrogens is 266 g/mol. The molecule has 0 aliphatic carbocycles. The van der Waals surface area contributed by atoms with Gasteiger partial charge in [0, 0.05) is 23.8 Å². The second-order valence-corrected chi connectivity index (χ2v) is 6.12. The molecule has 0 saturated heterocycles. The Hall–Kier alpha value is -1.61. The van der Waals surface area contributed by atoms with Gasteiger partial charge in [-0.25, -0.2) is 0 Å². The van der Waals surface area contributed by atoms with Gasteiger partial charge in [0.25, 0.3) is 0 Å². The monoisotopic (exact) mass is 287 g/mol. The molecule has 1 aromatic heterocycles. The van der Waals surface area contributed by atoms with Gasteiger partial charge in [0.2, 0.25) is 5.91 Å². The van der Waals surface area contributed by atoms with Crippen molar-refractivity contribution >= 4 is 17.2 Å². The molecule has 1 heterocycles. The van der Waals surface area contributed by atoms with Crippen LogP contribution in [0.5, 0.6) is 0 Å². The zero-order chi connectivity index (χ0) is 14.2. The van der Waals surface area contributed by atoms with Crippen molar-refractivity contribution in [3.8, 4) is 0 Å². The minimum atomic E-state index is 0.157. The molecule has 0 radical (unpaired) electrons. The van der Waals surface area contributed by atoms with Crippen LogP contribution >= 0.6 is 11.3 Å². The van der Waals surface area contributed by atoms with Gasteiger partial charge in [-0.1, -0.05) is 36.4 Å². The summed E-state index contributed by atoms with van der Waals surface area (Å²) in [6.07, 6.45) is 3.39. The van der Waals surface area contributed by atoms with Gasteiger partial charge in [-0.15, -0.1) is 11.3 Å². The highest BCUT2D eigenvalue weighted by Gasteiger charge is 2.08. The standard InChI is InChI=1S/C17H21NOS/c1-14(13-16-10-6-12-20-16)18-17(19)11-5-9-15-7-3-2-4-8-15/h2-4,6-8,10,12,14H,5,9,11,13H2,1H3,(H,18,19)/t14-/m1/s1. The lowest BCUT2D eigenvalue weighted by Gasteiger charge is -2.12. The molecule has 0 spiro atoms. The Balaban J connectivity index is 1.65. The zero-order valence-electron chi connectivity index (χ0n) is 11.8. The lowest BCUT2D eigenvalue weighted by atomic mass is 10.1. The predicted molar refractivity (Wildman–Crippen MR) is 85.0 cm³/mol. The first-order valence-corrected chi connectivity index (χ1v) is 7.97. The van der Waals surface area contributed by atoms with Gasteiger partial charge < -0.3 is 5.32 Å². The fourth-order valence-corrected chi connectivity index (χ4v) is 3.06. The van der Waals surface area contributed by atoms with Crippen LogP contribution in [0.3, 0.4) is 0 Å². The Kier molecular flexibility index (Phi) is 5.81. The van der Waals surface area contributed by atoms with Crippen molar-refractivity contribution in [2.45, 2.75) is 38.6 Å². The summed E-state index contributed by atoms with van der Waals surface area (Å²) in [6.45, 7) is 2.06. The van der Waals surface area contributed by atoms with Crippen LogP contribution in [-0.4, -0.2) is 11.9 Å². The minimum absolute atomic E-state index is 0.157. The summed E-state index contributed by atoms with van der Waals surface area (Å²) in [6, 6.07) is 14.7. The first kappa shape index (κ1) is 14.8. The highest BCUT2D eigenvalue weighted by molar-refractivity contribution is 7.09. The van der Waals surface area contributed by atoms with E-state index < -0.39 is 0 Å². The second-order valence-electron chi connectivity index (χ2n) is 5.09. The molecule has 1 amide bonds. The topological polar surface area (TPSA) is 29.1 Å². The Labute approximate surface area is 124 Å².